The zero-order chi connectivity index (χ0) is 31.5. The summed E-state index contributed by atoms with van der Waals surface area (Å²) in [6.07, 6.45) is -4.97. The molecule has 1 N–H and O–H groups in total. The van der Waals surface area contributed by atoms with Gasteiger partial charge in [0.15, 0.2) is 12.2 Å². The number of rotatable bonds is 17. The Hall–Kier alpha value is -2.78. The number of hydrogen-bond acceptors (Lipinski definition) is 15. The van der Waals surface area contributed by atoms with E-state index in [1.807, 2.05) is 13.8 Å². The van der Waals surface area contributed by atoms with Gasteiger partial charge in [-0.2, -0.15) is 0 Å². The van der Waals surface area contributed by atoms with E-state index in [1.165, 1.54) is 0 Å². The molecule has 2 aliphatic heterocycles. The number of methoxy groups -OCH3 is 1. The van der Waals surface area contributed by atoms with Gasteiger partial charge in [0.05, 0.1) is 32.8 Å². The van der Waals surface area contributed by atoms with Gasteiger partial charge in [0.1, 0.15) is 18.8 Å². The molecule has 2 rings (SSSR count). The highest BCUT2D eigenvalue weighted by atomic mass is 31.2. The summed E-state index contributed by atoms with van der Waals surface area (Å²) in [6.45, 7) is 6.30. The second-order valence-electron chi connectivity index (χ2n) is 9.58. The van der Waals surface area contributed by atoms with Crippen LogP contribution >= 0.6 is 7.82 Å². The lowest BCUT2D eigenvalue weighted by Gasteiger charge is -2.45. The maximum atomic E-state index is 13.8. The molecule has 17 heteroatoms. The molecular weight excluding hydrogens is 585 g/mol. The first-order valence-corrected chi connectivity index (χ1v) is 15.1. The topological polar surface area (TPSA) is 198 Å². The molecule has 1 amide bonds. The molecule has 6 atom stereocenters. The third-order valence-electron chi connectivity index (χ3n) is 6.10. The Labute approximate surface area is 243 Å². The molecule has 2 heterocycles. The third kappa shape index (κ3) is 9.90. The minimum absolute atomic E-state index is 0.0455. The summed E-state index contributed by atoms with van der Waals surface area (Å²) < 4.78 is 62.7. The van der Waals surface area contributed by atoms with Gasteiger partial charge in [-0.05, 0) is 12.8 Å². The van der Waals surface area contributed by atoms with E-state index in [4.69, 9.17) is 42.0 Å². The van der Waals surface area contributed by atoms with Crippen LogP contribution in [0.1, 0.15) is 66.7 Å². The highest BCUT2D eigenvalue weighted by Gasteiger charge is 2.63. The number of fused-ring (bicyclic) bond motifs is 1. The van der Waals surface area contributed by atoms with E-state index in [0.717, 1.165) is 27.9 Å². The number of phosphoric ester groups is 1. The number of phosphoric acid groups is 1. The molecule has 42 heavy (non-hydrogen) atoms. The number of carbonyl (C=O) groups excluding carboxylic acids is 5. The summed E-state index contributed by atoms with van der Waals surface area (Å²) in [5.41, 5.74) is 0. The van der Waals surface area contributed by atoms with Crippen molar-refractivity contribution in [3.8, 4) is 0 Å². The minimum Gasteiger partial charge on any atom is -0.465 e. The van der Waals surface area contributed by atoms with Crippen LogP contribution < -0.4 is 5.32 Å². The van der Waals surface area contributed by atoms with Gasteiger partial charge in [-0.1, -0.05) is 26.7 Å². The largest absolute Gasteiger partial charge is 0.477 e. The van der Waals surface area contributed by atoms with Gasteiger partial charge in [0.2, 0.25) is 0 Å². The van der Waals surface area contributed by atoms with Crippen LogP contribution in [-0.2, 0) is 65.7 Å². The number of ether oxygens (including phenoxy) is 6. The predicted octanol–water partition coefficient (Wildman–Crippen LogP) is 2.31. The summed E-state index contributed by atoms with van der Waals surface area (Å²) in [7, 11) is -3.52. The van der Waals surface area contributed by atoms with Crippen LogP contribution in [0.25, 0.3) is 0 Å². The van der Waals surface area contributed by atoms with E-state index in [2.05, 4.69) is 5.32 Å². The van der Waals surface area contributed by atoms with E-state index >= 15 is 0 Å². The van der Waals surface area contributed by atoms with Crippen LogP contribution in [0, 0.1) is 0 Å². The molecule has 0 saturated carbocycles. The zero-order valence-electron chi connectivity index (χ0n) is 24.6. The lowest BCUT2D eigenvalue weighted by Crippen LogP contribution is -2.66. The molecule has 16 nitrogen and oxygen atoms in total. The number of nitrogens with one attached hydrogen (secondary N) is 1. The van der Waals surface area contributed by atoms with E-state index < -0.39 is 87.1 Å². The summed E-state index contributed by atoms with van der Waals surface area (Å²) in [6, 6.07) is -1.11. The fraction of sp³-hybridized carbons (Fsp3) is 0.800. The average Bonchev–Trinajstić information content (AvgIpc) is 3.28. The quantitative estimate of drug-likeness (QED) is 0.107. The Morgan fingerprint density at radius 3 is 2.10 bits per heavy atom. The van der Waals surface area contributed by atoms with Gasteiger partial charge in [0.25, 0.3) is 5.79 Å². The Morgan fingerprint density at radius 2 is 1.60 bits per heavy atom. The van der Waals surface area contributed by atoms with Crippen molar-refractivity contribution in [1.29, 1.82) is 0 Å². The van der Waals surface area contributed by atoms with Gasteiger partial charge in [-0.3, -0.25) is 23.4 Å². The lowest BCUT2D eigenvalue weighted by atomic mass is 9.89. The maximum absolute atomic E-state index is 13.8. The molecule has 0 spiro atoms. The van der Waals surface area contributed by atoms with Crippen molar-refractivity contribution in [2.75, 3.05) is 26.9 Å². The molecule has 240 valence electrons. The van der Waals surface area contributed by atoms with Crippen LogP contribution in [0.5, 0.6) is 0 Å². The van der Waals surface area contributed by atoms with Gasteiger partial charge in [0, 0.05) is 20.8 Å². The van der Waals surface area contributed by atoms with Crippen molar-refractivity contribution in [3.05, 3.63) is 0 Å². The van der Waals surface area contributed by atoms with E-state index in [0.29, 0.717) is 25.7 Å². The molecule has 0 aliphatic carbocycles. The fourth-order valence-electron chi connectivity index (χ4n) is 4.26. The highest BCUT2D eigenvalue weighted by Crippen LogP contribution is 2.56. The van der Waals surface area contributed by atoms with Crippen molar-refractivity contribution >= 4 is 37.8 Å². The zero-order valence-corrected chi connectivity index (χ0v) is 25.5. The van der Waals surface area contributed by atoms with Gasteiger partial charge in [-0.15, -0.1) is 0 Å². The van der Waals surface area contributed by atoms with Gasteiger partial charge in [-0.25, -0.2) is 18.7 Å². The summed E-state index contributed by atoms with van der Waals surface area (Å²) >= 11 is 0. The van der Waals surface area contributed by atoms with Gasteiger partial charge < -0.3 is 33.7 Å². The first kappa shape index (κ1) is 35.4. The van der Waals surface area contributed by atoms with Crippen LogP contribution in [0.2, 0.25) is 0 Å². The van der Waals surface area contributed by atoms with Crippen molar-refractivity contribution in [2.24, 2.45) is 0 Å². The average molecular weight is 626 g/mol. The second-order valence-corrected chi connectivity index (χ2v) is 11.2. The highest BCUT2D eigenvalue weighted by molar-refractivity contribution is 7.48. The summed E-state index contributed by atoms with van der Waals surface area (Å²) in [5.74, 6) is -6.23. The van der Waals surface area contributed by atoms with Crippen LogP contribution in [-0.4, -0.2) is 93.1 Å². The third-order valence-corrected chi connectivity index (χ3v) is 7.62. The van der Waals surface area contributed by atoms with E-state index in [1.54, 1.807) is 0 Å². The molecule has 0 aromatic heterocycles. The number of esters is 4. The molecule has 0 aromatic rings. The van der Waals surface area contributed by atoms with Gasteiger partial charge >= 0.3 is 37.8 Å². The molecule has 0 unspecified atom stereocenters. The smallest absolute Gasteiger partial charge is 0.465 e. The second kappa shape index (κ2) is 16.2. The Bertz CT molecular complexity index is 1010. The molecule has 2 fully saturated rings. The number of unbranched alkanes of at least 4 members (excludes halogenated alkanes) is 2. The van der Waals surface area contributed by atoms with Crippen molar-refractivity contribution in [3.63, 3.8) is 0 Å². The Kier molecular flexibility index (Phi) is 13.6. The number of carbonyl (C=O) groups is 5. The van der Waals surface area contributed by atoms with Crippen molar-refractivity contribution < 1.29 is 70.5 Å². The molecule has 0 radical (unpaired) electrons. The molecule has 2 saturated heterocycles. The first-order chi connectivity index (χ1) is 19.8. The molecular formula is C25H40NO15P. The monoisotopic (exact) mass is 625 g/mol. The molecule has 0 aromatic carbocycles. The maximum Gasteiger partial charge on any atom is 0.477 e. The van der Waals surface area contributed by atoms with Crippen LogP contribution in [0.15, 0.2) is 0 Å². The number of amides is 1. The standard InChI is InChI=1S/C25H40NO15P/c1-7-9-11-35-42(32,36-12-10-8-2)41-25(23(30)33-6)13-18-20(26-24(31)39-18)22(40-25)21(38-17(5)29)19(37-16(4)28)14-34-15(3)27/h18-22H,7-14H2,1-6H3,(H,26,31)/t18-,19+,20+,21+,22+,25+/m0/s1. The predicted molar refractivity (Wildman–Crippen MR) is 140 cm³/mol. The minimum atomic E-state index is -4.54. The van der Waals surface area contributed by atoms with Crippen molar-refractivity contribution in [1.82, 2.24) is 5.32 Å². The summed E-state index contributed by atoms with van der Waals surface area (Å²) in [4.78, 5) is 61.4. The van der Waals surface area contributed by atoms with E-state index in [-0.39, 0.29) is 13.2 Å². The SMILES string of the molecule is CCCCOP(=O)(OCCCC)O[C@@]1(C(=O)OC)C[C@@H]2OC(=O)N[C@H]2[C@H]([C@H](OC(C)=O)[C@@H](COC(C)=O)OC(C)=O)O1. The number of hydrogen-bond donors (Lipinski definition) is 1. The normalized spacial score (nSPS) is 24.8. The van der Waals surface area contributed by atoms with Crippen LogP contribution in [0.3, 0.4) is 0 Å². The fourth-order valence-corrected chi connectivity index (χ4v) is 5.70. The van der Waals surface area contributed by atoms with Crippen LogP contribution in [0.4, 0.5) is 4.79 Å². The Balaban J connectivity index is 2.62. The first-order valence-electron chi connectivity index (χ1n) is 13.6. The summed E-state index contributed by atoms with van der Waals surface area (Å²) in [5, 5.41) is 2.51. The Morgan fingerprint density at radius 1 is 1.00 bits per heavy atom. The van der Waals surface area contributed by atoms with Crippen molar-refractivity contribution in [2.45, 2.75) is 103 Å². The number of alkyl carbamates (subject to hydrolysis) is 1. The van der Waals surface area contributed by atoms with E-state index in [9.17, 15) is 28.5 Å². The molecule has 0 bridgehead atoms. The lowest BCUT2D eigenvalue weighted by molar-refractivity contribution is -0.286. The molecule has 2 aliphatic rings.